The molecule has 0 aliphatic heterocycles. The Hall–Kier alpha value is -1.03. The summed E-state index contributed by atoms with van der Waals surface area (Å²) in [4.78, 5) is 15.9. The van der Waals surface area contributed by atoms with Gasteiger partial charge in [-0.25, -0.2) is 13.8 Å². The van der Waals surface area contributed by atoms with E-state index in [0.29, 0.717) is 6.07 Å². The molecule has 0 radical (unpaired) electrons. The Balaban J connectivity index is 0. The third-order valence-corrected chi connectivity index (χ3v) is 1.97. The van der Waals surface area contributed by atoms with Crippen molar-refractivity contribution in [1.29, 1.82) is 0 Å². The molecule has 116 valence electrons. The van der Waals surface area contributed by atoms with Crippen LogP contribution in [0.3, 0.4) is 0 Å². The average Bonchev–Trinajstić information content (AvgIpc) is 2.48. The first-order valence-electron chi connectivity index (χ1n) is 6.20. The molecule has 1 aromatic carbocycles. The zero-order valence-electron chi connectivity index (χ0n) is 12.9. The Morgan fingerprint density at radius 3 is 2.05 bits per heavy atom. The van der Waals surface area contributed by atoms with Crippen molar-refractivity contribution in [3.05, 3.63) is 41.2 Å². The number of rotatable bonds is 3. The summed E-state index contributed by atoms with van der Waals surface area (Å²) in [6, 6.07) is 2.66. The number of benzene rings is 1. The van der Waals surface area contributed by atoms with Gasteiger partial charge in [0.1, 0.15) is 11.6 Å². The topological polar surface area (TPSA) is 49.8 Å². The standard InChI is InChI=1S/C11H11F2NO3.C2H6.CH3.Tl/c1-14(17-2)11(16)10(15)5-7-3-8(12)6-9(13)4-7;1-2;;/h3-6,15H,1-2H3;1-2H3;1H3;/b10-5-;;;. The Morgan fingerprint density at radius 2 is 1.67 bits per heavy atom. The fourth-order valence-corrected chi connectivity index (χ4v) is 1.12. The van der Waals surface area contributed by atoms with Gasteiger partial charge in [-0.3, -0.25) is 9.63 Å². The Kier molecular flexibility index (Phi) is 13.5. The summed E-state index contributed by atoms with van der Waals surface area (Å²) in [5.74, 6) is -3.09. The predicted octanol–water partition coefficient (Wildman–Crippen LogP) is 3.11. The summed E-state index contributed by atoms with van der Waals surface area (Å²) in [7, 11) is 2.53. The molecule has 0 heterocycles. The molecule has 0 atom stereocenters. The molecule has 1 rings (SSSR count). The normalized spacial score (nSPS) is 9.71. The first-order chi connectivity index (χ1) is 9.93. The molecule has 0 aromatic heterocycles. The summed E-state index contributed by atoms with van der Waals surface area (Å²) >= 11 is 1.17. The molecule has 0 bridgehead atoms. The van der Waals surface area contributed by atoms with Gasteiger partial charge in [0.25, 0.3) is 0 Å². The molecule has 0 spiro atoms. The second kappa shape index (κ2) is 12.7. The number of halogens is 2. The van der Waals surface area contributed by atoms with Gasteiger partial charge in [0, 0.05) is 13.1 Å². The number of likely N-dealkylation sites (N-methyl/N-ethyl adjacent to an activating group) is 1. The van der Waals surface area contributed by atoms with Crippen molar-refractivity contribution in [2.24, 2.45) is 0 Å². The fraction of sp³-hybridized carbons (Fsp3) is 0.357. The van der Waals surface area contributed by atoms with E-state index >= 15 is 0 Å². The maximum absolute atomic E-state index is 12.8. The molecule has 21 heavy (non-hydrogen) atoms. The van der Waals surface area contributed by atoms with Gasteiger partial charge < -0.3 is 5.11 Å². The molecule has 0 saturated carbocycles. The van der Waals surface area contributed by atoms with Crippen molar-refractivity contribution in [3.63, 3.8) is 0 Å². The van der Waals surface area contributed by atoms with Crippen LogP contribution in [-0.2, 0) is 9.63 Å². The van der Waals surface area contributed by atoms with E-state index in [1.807, 2.05) is 13.8 Å². The van der Waals surface area contributed by atoms with Crippen LogP contribution in [-0.4, -0.2) is 56.0 Å². The van der Waals surface area contributed by atoms with E-state index in [9.17, 15) is 18.7 Å². The summed E-state index contributed by atoms with van der Waals surface area (Å²) in [6.07, 6.45) is 0.948. The number of aliphatic hydroxyl groups is 1. The molecule has 4 nitrogen and oxygen atoms in total. The first-order valence-corrected chi connectivity index (χ1v) is 10.7. The van der Waals surface area contributed by atoms with E-state index in [2.05, 4.69) is 9.32 Å². The van der Waals surface area contributed by atoms with Gasteiger partial charge in [-0.1, -0.05) is 13.8 Å². The number of aliphatic hydroxyl groups excluding tert-OH is 1. The molecule has 0 unspecified atom stereocenters. The number of hydroxylamine groups is 2. The molecule has 1 aromatic rings. The number of nitrogens with zero attached hydrogens (tertiary/aromatic N) is 1. The van der Waals surface area contributed by atoms with E-state index in [0.717, 1.165) is 23.3 Å². The van der Waals surface area contributed by atoms with Crippen LogP contribution in [0.2, 0.25) is 4.48 Å². The minimum absolute atomic E-state index is 0.0397. The Morgan fingerprint density at radius 1 is 1.24 bits per heavy atom. The van der Waals surface area contributed by atoms with Gasteiger partial charge >= 0.3 is 36.2 Å². The second-order valence-electron chi connectivity index (χ2n) is 3.22. The Labute approximate surface area is 140 Å². The predicted molar refractivity (Wildman–Crippen MR) is 79.7 cm³/mol. The van der Waals surface area contributed by atoms with Crippen LogP contribution in [0.15, 0.2) is 24.0 Å². The van der Waals surface area contributed by atoms with Crippen LogP contribution < -0.4 is 0 Å². The van der Waals surface area contributed by atoms with Crippen LogP contribution in [0, 0.1) is 11.6 Å². The van der Waals surface area contributed by atoms with Crippen LogP contribution in [0.4, 0.5) is 8.78 Å². The number of hydrogen-bond acceptors (Lipinski definition) is 3. The number of amides is 1. The van der Waals surface area contributed by atoms with E-state index < -0.39 is 23.3 Å². The molecule has 0 saturated heterocycles. The van der Waals surface area contributed by atoms with E-state index in [4.69, 9.17) is 0 Å². The summed E-state index contributed by atoms with van der Waals surface area (Å²) < 4.78 is 27.8. The molecule has 7 heteroatoms. The van der Waals surface area contributed by atoms with Crippen LogP contribution in [0.1, 0.15) is 19.4 Å². The number of hydrogen-bond donors (Lipinski definition) is 1. The van der Waals surface area contributed by atoms with Crippen molar-refractivity contribution in [2.75, 3.05) is 14.2 Å². The van der Waals surface area contributed by atoms with Crippen molar-refractivity contribution in [1.82, 2.24) is 5.06 Å². The van der Waals surface area contributed by atoms with E-state index in [1.54, 1.807) is 0 Å². The fourth-order valence-electron chi connectivity index (χ4n) is 1.12. The monoisotopic (exact) mass is 493 g/mol. The number of carbonyl (C=O) groups excluding carboxylic acids is 1. The van der Waals surface area contributed by atoms with Crippen molar-refractivity contribution in [2.45, 2.75) is 18.3 Å². The molecular weight excluding hydrogens is 473 g/mol. The summed E-state index contributed by atoms with van der Waals surface area (Å²) in [6.45, 7) is 4.00. The summed E-state index contributed by atoms with van der Waals surface area (Å²) in [5, 5.41) is 10.2. The SMILES string of the molecule is CC.CON(C)C(=O)/C(O)=C/c1cc(F)cc(F)c1.[CH3][Tl]. The van der Waals surface area contributed by atoms with Crippen LogP contribution in [0.25, 0.3) is 6.08 Å². The van der Waals surface area contributed by atoms with Crippen LogP contribution >= 0.6 is 0 Å². The zero-order chi connectivity index (χ0) is 17.0. The molecule has 1 N–H and O–H groups in total. The molecule has 0 aliphatic carbocycles. The van der Waals surface area contributed by atoms with Crippen molar-refractivity contribution in [3.8, 4) is 0 Å². The van der Waals surface area contributed by atoms with Crippen molar-refractivity contribution < 1.29 is 23.5 Å². The summed E-state index contributed by atoms with van der Waals surface area (Å²) in [5.41, 5.74) is 0.0397. The Bertz CT molecular complexity index is 447. The maximum atomic E-state index is 12.8. The molecule has 1 amide bonds. The number of carbonyl (C=O) groups is 1. The van der Waals surface area contributed by atoms with Gasteiger partial charge in [-0.2, -0.15) is 0 Å². The first kappa shape index (κ1) is 22.3. The van der Waals surface area contributed by atoms with E-state index in [1.165, 1.54) is 39.9 Å². The second-order valence-corrected chi connectivity index (χ2v) is 3.22. The molecule has 0 fully saturated rings. The zero-order valence-corrected chi connectivity index (χ0v) is 17.3. The van der Waals surface area contributed by atoms with Gasteiger partial charge in [0.05, 0.1) is 7.11 Å². The van der Waals surface area contributed by atoms with Gasteiger partial charge in [-0.05, 0) is 23.8 Å². The average molecular weight is 493 g/mol. The minimum atomic E-state index is -0.822. The van der Waals surface area contributed by atoms with E-state index in [-0.39, 0.29) is 5.56 Å². The van der Waals surface area contributed by atoms with Gasteiger partial charge in [0.15, 0.2) is 5.76 Å². The molecular formula is C14H20F2NO3Tl. The van der Waals surface area contributed by atoms with Crippen molar-refractivity contribution >= 4 is 37.8 Å². The van der Waals surface area contributed by atoms with Crippen LogP contribution in [0.5, 0.6) is 0 Å². The quantitative estimate of drug-likeness (QED) is 0.305. The van der Waals surface area contributed by atoms with Gasteiger partial charge in [-0.15, -0.1) is 0 Å². The molecule has 0 aliphatic rings. The van der Waals surface area contributed by atoms with Gasteiger partial charge in [0.2, 0.25) is 0 Å². The third kappa shape index (κ3) is 8.76. The third-order valence-electron chi connectivity index (χ3n) is 1.97.